The SMILES string of the molecule is Cc1ccc(OCCN2CCN(C)CC2)c(C=O)n1. The molecule has 19 heavy (non-hydrogen) atoms. The topological polar surface area (TPSA) is 45.7 Å². The van der Waals surface area contributed by atoms with E-state index < -0.39 is 0 Å². The van der Waals surface area contributed by atoms with Gasteiger partial charge in [0.15, 0.2) is 6.29 Å². The highest BCUT2D eigenvalue weighted by molar-refractivity contribution is 5.76. The van der Waals surface area contributed by atoms with Crippen LogP contribution in [0.15, 0.2) is 12.1 Å². The lowest BCUT2D eigenvalue weighted by Crippen LogP contribution is -2.45. The molecule has 0 aromatic carbocycles. The van der Waals surface area contributed by atoms with Gasteiger partial charge in [0.2, 0.25) is 0 Å². The second kappa shape index (κ2) is 6.63. The average molecular weight is 263 g/mol. The second-order valence-electron chi connectivity index (χ2n) is 4.95. The third-order valence-corrected chi connectivity index (χ3v) is 3.40. The van der Waals surface area contributed by atoms with Crippen molar-refractivity contribution in [1.82, 2.24) is 14.8 Å². The summed E-state index contributed by atoms with van der Waals surface area (Å²) in [7, 11) is 2.14. The molecule has 2 rings (SSSR count). The minimum Gasteiger partial charge on any atom is -0.490 e. The Morgan fingerprint density at radius 3 is 2.74 bits per heavy atom. The smallest absolute Gasteiger partial charge is 0.172 e. The van der Waals surface area contributed by atoms with E-state index in [-0.39, 0.29) is 0 Å². The first-order valence-corrected chi connectivity index (χ1v) is 6.65. The van der Waals surface area contributed by atoms with E-state index in [9.17, 15) is 4.79 Å². The standard InChI is InChI=1S/C14H21N3O2/c1-12-3-4-14(13(11-18)15-12)19-10-9-17-7-5-16(2)6-8-17/h3-4,11H,5-10H2,1-2H3. The van der Waals surface area contributed by atoms with Gasteiger partial charge in [0.05, 0.1) is 0 Å². The molecule has 0 bridgehead atoms. The minimum atomic E-state index is 0.387. The van der Waals surface area contributed by atoms with Gasteiger partial charge in [-0.05, 0) is 26.1 Å². The monoisotopic (exact) mass is 263 g/mol. The van der Waals surface area contributed by atoms with Crippen LogP contribution in [0.2, 0.25) is 0 Å². The molecule has 0 unspecified atom stereocenters. The number of carbonyl (C=O) groups is 1. The number of ether oxygens (including phenoxy) is 1. The summed E-state index contributed by atoms with van der Waals surface area (Å²) in [5, 5.41) is 0. The first kappa shape index (κ1) is 14.0. The fourth-order valence-electron chi connectivity index (χ4n) is 2.13. The van der Waals surface area contributed by atoms with Gasteiger partial charge in [0, 0.05) is 38.4 Å². The summed E-state index contributed by atoms with van der Waals surface area (Å²) in [5.74, 6) is 0.578. The Labute approximate surface area is 114 Å². The Kier molecular flexibility index (Phi) is 4.87. The number of likely N-dealkylation sites (N-methyl/N-ethyl adjacent to an activating group) is 1. The lowest BCUT2D eigenvalue weighted by molar-refractivity contribution is 0.111. The molecule has 0 amide bonds. The first-order valence-electron chi connectivity index (χ1n) is 6.65. The van der Waals surface area contributed by atoms with Gasteiger partial charge in [-0.3, -0.25) is 9.69 Å². The third kappa shape index (κ3) is 4.01. The fraction of sp³-hybridized carbons (Fsp3) is 0.571. The molecule has 1 saturated heterocycles. The largest absolute Gasteiger partial charge is 0.490 e. The number of pyridine rings is 1. The second-order valence-corrected chi connectivity index (χ2v) is 4.95. The zero-order chi connectivity index (χ0) is 13.7. The van der Waals surface area contributed by atoms with Crippen LogP contribution in [0.1, 0.15) is 16.2 Å². The van der Waals surface area contributed by atoms with Gasteiger partial charge >= 0.3 is 0 Å². The van der Waals surface area contributed by atoms with E-state index in [1.54, 1.807) is 0 Å². The van der Waals surface area contributed by atoms with Crippen molar-refractivity contribution >= 4 is 6.29 Å². The Bertz CT molecular complexity index is 429. The van der Waals surface area contributed by atoms with Crippen molar-refractivity contribution < 1.29 is 9.53 Å². The van der Waals surface area contributed by atoms with Crippen molar-refractivity contribution in [2.45, 2.75) is 6.92 Å². The van der Waals surface area contributed by atoms with Gasteiger partial charge in [-0.25, -0.2) is 4.98 Å². The molecule has 5 heteroatoms. The highest BCUT2D eigenvalue weighted by Crippen LogP contribution is 2.14. The highest BCUT2D eigenvalue weighted by Gasteiger charge is 2.13. The molecule has 0 radical (unpaired) electrons. The van der Waals surface area contributed by atoms with Crippen LogP contribution in [-0.2, 0) is 0 Å². The van der Waals surface area contributed by atoms with Gasteiger partial charge in [-0.15, -0.1) is 0 Å². The summed E-state index contributed by atoms with van der Waals surface area (Å²) in [4.78, 5) is 19.8. The molecule has 1 aliphatic rings. The maximum absolute atomic E-state index is 10.9. The van der Waals surface area contributed by atoms with Crippen LogP contribution in [0.5, 0.6) is 5.75 Å². The molecular weight excluding hydrogens is 242 g/mol. The summed E-state index contributed by atoms with van der Waals surface area (Å²) in [6.45, 7) is 7.70. The van der Waals surface area contributed by atoms with E-state index in [0.29, 0.717) is 18.1 Å². The lowest BCUT2D eigenvalue weighted by atomic mass is 10.3. The number of aromatic nitrogens is 1. The van der Waals surface area contributed by atoms with E-state index in [0.717, 1.165) is 44.7 Å². The number of rotatable bonds is 5. The van der Waals surface area contributed by atoms with Gasteiger partial charge in [0.1, 0.15) is 18.1 Å². The van der Waals surface area contributed by atoms with E-state index in [1.165, 1.54) is 0 Å². The highest BCUT2D eigenvalue weighted by atomic mass is 16.5. The molecule has 1 aliphatic heterocycles. The molecule has 104 valence electrons. The number of aldehydes is 1. The molecule has 5 nitrogen and oxygen atoms in total. The van der Waals surface area contributed by atoms with Crippen LogP contribution in [0.25, 0.3) is 0 Å². The normalized spacial score (nSPS) is 17.4. The zero-order valence-electron chi connectivity index (χ0n) is 11.6. The molecule has 0 saturated carbocycles. The summed E-state index contributed by atoms with van der Waals surface area (Å²) >= 11 is 0. The lowest BCUT2D eigenvalue weighted by Gasteiger charge is -2.32. The van der Waals surface area contributed by atoms with Gasteiger partial charge in [-0.1, -0.05) is 0 Å². The fourth-order valence-corrected chi connectivity index (χ4v) is 2.13. The van der Waals surface area contributed by atoms with Crippen molar-refractivity contribution in [3.05, 3.63) is 23.5 Å². The maximum Gasteiger partial charge on any atom is 0.172 e. The first-order chi connectivity index (χ1) is 9.19. The van der Waals surface area contributed by atoms with Crippen LogP contribution in [0, 0.1) is 6.92 Å². The number of aryl methyl sites for hydroxylation is 1. The third-order valence-electron chi connectivity index (χ3n) is 3.40. The molecule has 0 N–H and O–H groups in total. The Hall–Kier alpha value is -1.46. The number of piperazine rings is 1. The van der Waals surface area contributed by atoms with Crippen LogP contribution < -0.4 is 4.74 Å². The van der Waals surface area contributed by atoms with E-state index in [2.05, 4.69) is 21.8 Å². The predicted octanol–water partition coefficient (Wildman–Crippen LogP) is 0.829. The zero-order valence-corrected chi connectivity index (χ0v) is 11.6. The summed E-state index contributed by atoms with van der Waals surface area (Å²) < 4.78 is 5.66. The van der Waals surface area contributed by atoms with Crippen molar-refractivity contribution in [2.75, 3.05) is 46.4 Å². The maximum atomic E-state index is 10.9. The van der Waals surface area contributed by atoms with Gasteiger partial charge in [0.25, 0.3) is 0 Å². The molecule has 0 aliphatic carbocycles. The summed E-state index contributed by atoms with van der Waals surface area (Å²) in [6.07, 6.45) is 0.748. The van der Waals surface area contributed by atoms with Crippen LogP contribution in [0.3, 0.4) is 0 Å². The van der Waals surface area contributed by atoms with Crippen molar-refractivity contribution in [1.29, 1.82) is 0 Å². The number of hydrogen-bond acceptors (Lipinski definition) is 5. The molecule has 1 fully saturated rings. The quantitative estimate of drug-likeness (QED) is 0.736. The molecule has 1 aromatic rings. The summed E-state index contributed by atoms with van der Waals surface area (Å²) in [6, 6.07) is 3.67. The van der Waals surface area contributed by atoms with Gasteiger partial charge < -0.3 is 9.64 Å². The minimum absolute atomic E-state index is 0.387. The number of nitrogens with zero attached hydrogens (tertiary/aromatic N) is 3. The van der Waals surface area contributed by atoms with E-state index >= 15 is 0 Å². The number of hydrogen-bond donors (Lipinski definition) is 0. The predicted molar refractivity (Wildman–Crippen MR) is 73.8 cm³/mol. The van der Waals surface area contributed by atoms with Crippen molar-refractivity contribution in [3.8, 4) is 5.75 Å². The summed E-state index contributed by atoms with van der Waals surface area (Å²) in [5.41, 5.74) is 1.21. The number of carbonyl (C=O) groups excluding carboxylic acids is 1. The van der Waals surface area contributed by atoms with Crippen molar-refractivity contribution in [2.24, 2.45) is 0 Å². The molecule has 0 spiro atoms. The molecule has 1 aromatic heterocycles. The van der Waals surface area contributed by atoms with Crippen LogP contribution in [-0.4, -0.2) is 67.4 Å². The van der Waals surface area contributed by atoms with E-state index in [1.807, 2.05) is 19.1 Å². The Morgan fingerprint density at radius 1 is 1.32 bits per heavy atom. The molecule has 0 atom stereocenters. The van der Waals surface area contributed by atoms with E-state index in [4.69, 9.17) is 4.74 Å². The van der Waals surface area contributed by atoms with Gasteiger partial charge in [-0.2, -0.15) is 0 Å². The Morgan fingerprint density at radius 2 is 2.05 bits per heavy atom. The Balaban J connectivity index is 1.81. The van der Waals surface area contributed by atoms with Crippen LogP contribution >= 0.6 is 0 Å². The molecule has 2 heterocycles. The van der Waals surface area contributed by atoms with Crippen molar-refractivity contribution in [3.63, 3.8) is 0 Å². The molecular formula is C14H21N3O2. The average Bonchev–Trinajstić information content (AvgIpc) is 2.42. The van der Waals surface area contributed by atoms with Crippen LogP contribution in [0.4, 0.5) is 0 Å².